The number of para-hydroxylation sites is 1. The van der Waals surface area contributed by atoms with Gasteiger partial charge in [0.1, 0.15) is 11.6 Å². The average Bonchev–Trinajstić information content (AvgIpc) is 2.76. The molecule has 3 rings (SSSR count). The van der Waals surface area contributed by atoms with E-state index in [9.17, 15) is 22.8 Å². The molecule has 176 valence electrons. The van der Waals surface area contributed by atoms with Gasteiger partial charge in [-0.3, -0.25) is 9.59 Å². The number of carboxylic acid groups (broad SMARTS) is 1. The maximum atomic E-state index is 12.0. The molecular formula is C21H19ClF3N3O5. The standard InChI is InChI=1S/C19H18ClN3O3.C2HF3O2/c1-23-15-6-3-2-5-14(15)16(11-19(23)25)26-10-4-7-18(24)22-17-9-8-13(20)12-21-17;3-2(4,5)1(6)7/h2-3,5-6,8-9,11-12H,4,7,10H2,1H3,(H,21,22,24);(H,6,7). The van der Waals surface area contributed by atoms with Crippen LogP contribution in [-0.4, -0.2) is 39.3 Å². The Morgan fingerprint density at radius 1 is 1.21 bits per heavy atom. The molecule has 0 radical (unpaired) electrons. The molecule has 0 atom stereocenters. The number of aliphatic carboxylic acids is 1. The van der Waals surface area contributed by atoms with E-state index < -0.39 is 12.1 Å². The van der Waals surface area contributed by atoms with Crippen molar-refractivity contribution in [2.75, 3.05) is 11.9 Å². The average molecular weight is 486 g/mol. The Balaban J connectivity index is 0.000000479. The lowest BCUT2D eigenvalue weighted by molar-refractivity contribution is -0.192. The van der Waals surface area contributed by atoms with E-state index in [-0.39, 0.29) is 17.9 Å². The van der Waals surface area contributed by atoms with E-state index in [4.69, 9.17) is 26.2 Å². The van der Waals surface area contributed by atoms with Crippen molar-refractivity contribution in [1.29, 1.82) is 0 Å². The number of anilines is 1. The summed E-state index contributed by atoms with van der Waals surface area (Å²) >= 11 is 5.76. The predicted molar refractivity (Wildman–Crippen MR) is 115 cm³/mol. The van der Waals surface area contributed by atoms with Gasteiger partial charge in [0, 0.05) is 31.1 Å². The number of aromatic nitrogens is 2. The number of hydrogen-bond donors (Lipinski definition) is 2. The van der Waals surface area contributed by atoms with Gasteiger partial charge < -0.3 is 19.7 Å². The number of rotatable bonds is 6. The molecule has 0 bridgehead atoms. The minimum Gasteiger partial charge on any atom is -0.493 e. The topological polar surface area (TPSA) is 111 Å². The molecule has 0 aliphatic carbocycles. The van der Waals surface area contributed by atoms with Crippen LogP contribution in [0, 0.1) is 0 Å². The number of aryl methyl sites for hydroxylation is 1. The first-order chi connectivity index (χ1) is 15.5. The van der Waals surface area contributed by atoms with Crippen molar-refractivity contribution in [3.05, 3.63) is 64.0 Å². The molecule has 0 unspecified atom stereocenters. The zero-order chi connectivity index (χ0) is 24.6. The minimum atomic E-state index is -5.08. The molecule has 1 amide bonds. The van der Waals surface area contributed by atoms with Crippen molar-refractivity contribution in [3.63, 3.8) is 0 Å². The Morgan fingerprint density at radius 3 is 2.48 bits per heavy atom. The molecule has 2 heterocycles. The molecule has 0 fully saturated rings. The number of benzene rings is 1. The first kappa shape index (κ1) is 25.7. The van der Waals surface area contributed by atoms with Crippen LogP contribution >= 0.6 is 11.6 Å². The van der Waals surface area contributed by atoms with Gasteiger partial charge in [-0.1, -0.05) is 23.7 Å². The highest BCUT2D eigenvalue weighted by Gasteiger charge is 2.38. The summed E-state index contributed by atoms with van der Waals surface area (Å²) in [5, 5.41) is 11.2. The van der Waals surface area contributed by atoms with Gasteiger partial charge in [-0.15, -0.1) is 0 Å². The first-order valence-corrected chi connectivity index (χ1v) is 9.80. The largest absolute Gasteiger partial charge is 0.493 e. The van der Waals surface area contributed by atoms with Gasteiger partial charge in [0.2, 0.25) is 5.91 Å². The Labute approximate surface area is 190 Å². The second-order valence-corrected chi connectivity index (χ2v) is 7.02. The summed E-state index contributed by atoms with van der Waals surface area (Å²) in [4.78, 5) is 36.9. The van der Waals surface area contributed by atoms with Crippen LogP contribution in [0.3, 0.4) is 0 Å². The summed E-state index contributed by atoms with van der Waals surface area (Å²) in [5.41, 5.74) is 0.673. The molecule has 0 saturated heterocycles. The number of fused-ring (bicyclic) bond motifs is 1. The van der Waals surface area contributed by atoms with Crippen LogP contribution in [0.1, 0.15) is 12.8 Å². The van der Waals surface area contributed by atoms with Crippen LogP contribution in [0.15, 0.2) is 53.5 Å². The second-order valence-electron chi connectivity index (χ2n) is 6.59. The van der Waals surface area contributed by atoms with Gasteiger partial charge >= 0.3 is 12.1 Å². The number of nitrogens with one attached hydrogen (secondary N) is 1. The van der Waals surface area contributed by atoms with Crippen molar-refractivity contribution < 1.29 is 32.6 Å². The molecule has 33 heavy (non-hydrogen) atoms. The molecule has 0 aliphatic heterocycles. The summed E-state index contributed by atoms with van der Waals surface area (Å²) < 4.78 is 39.1. The highest BCUT2D eigenvalue weighted by atomic mass is 35.5. The number of carboxylic acids is 1. The molecule has 12 heteroatoms. The molecule has 2 N–H and O–H groups in total. The maximum Gasteiger partial charge on any atom is 0.490 e. The molecule has 0 saturated carbocycles. The predicted octanol–water partition coefficient (Wildman–Crippen LogP) is 4.02. The third-order valence-corrected chi connectivity index (χ3v) is 4.38. The van der Waals surface area contributed by atoms with E-state index >= 15 is 0 Å². The van der Waals surface area contributed by atoms with Gasteiger partial charge in [-0.05, 0) is 30.7 Å². The van der Waals surface area contributed by atoms with Gasteiger partial charge in [-0.25, -0.2) is 9.78 Å². The van der Waals surface area contributed by atoms with Crippen LogP contribution < -0.4 is 15.6 Å². The monoisotopic (exact) mass is 485 g/mol. The minimum absolute atomic E-state index is 0.134. The van der Waals surface area contributed by atoms with Crippen molar-refractivity contribution >= 4 is 40.2 Å². The van der Waals surface area contributed by atoms with Gasteiger partial charge in [0.25, 0.3) is 5.56 Å². The Bertz CT molecular complexity index is 1180. The SMILES string of the molecule is Cn1c(=O)cc(OCCCC(=O)Nc2ccc(Cl)cn2)c2ccccc21.O=C(O)C(F)(F)F. The molecule has 0 aliphatic rings. The van der Waals surface area contributed by atoms with Crippen molar-refractivity contribution in [2.45, 2.75) is 19.0 Å². The fraction of sp³-hybridized carbons (Fsp3) is 0.238. The molecular weight excluding hydrogens is 467 g/mol. The number of carbonyl (C=O) groups is 2. The van der Waals surface area contributed by atoms with Crippen LogP contribution in [0.2, 0.25) is 5.02 Å². The summed E-state index contributed by atoms with van der Waals surface area (Å²) in [5.74, 6) is -1.92. The number of carbonyl (C=O) groups excluding carboxylic acids is 1. The van der Waals surface area contributed by atoms with Gasteiger partial charge in [0.15, 0.2) is 0 Å². The Kier molecular flexibility index (Phi) is 8.80. The number of amides is 1. The molecule has 3 aromatic rings. The third kappa shape index (κ3) is 7.79. The van der Waals surface area contributed by atoms with Crippen LogP contribution in [0.4, 0.5) is 19.0 Å². The summed E-state index contributed by atoms with van der Waals surface area (Å²) in [6, 6.07) is 12.3. The first-order valence-electron chi connectivity index (χ1n) is 9.42. The van der Waals surface area contributed by atoms with E-state index in [0.717, 1.165) is 10.9 Å². The lowest BCUT2D eigenvalue weighted by atomic mass is 10.2. The highest BCUT2D eigenvalue weighted by molar-refractivity contribution is 6.30. The van der Waals surface area contributed by atoms with Gasteiger partial charge in [0.05, 0.1) is 17.1 Å². The van der Waals surface area contributed by atoms with Crippen molar-refractivity contribution in [1.82, 2.24) is 9.55 Å². The number of nitrogens with zero attached hydrogens (tertiary/aromatic N) is 2. The highest BCUT2D eigenvalue weighted by Crippen LogP contribution is 2.23. The smallest absolute Gasteiger partial charge is 0.490 e. The third-order valence-electron chi connectivity index (χ3n) is 4.16. The van der Waals surface area contributed by atoms with Gasteiger partial charge in [-0.2, -0.15) is 13.2 Å². The number of alkyl halides is 3. The molecule has 2 aromatic heterocycles. The number of halogens is 4. The lowest BCUT2D eigenvalue weighted by Crippen LogP contribution is -2.21. The summed E-state index contributed by atoms with van der Waals surface area (Å²) in [6.07, 6.45) is -2.81. The van der Waals surface area contributed by atoms with E-state index in [0.29, 0.717) is 29.6 Å². The number of pyridine rings is 2. The van der Waals surface area contributed by atoms with E-state index in [2.05, 4.69) is 10.3 Å². The van der Waals surface area contributed by atoms with Crippen LogP contribution in [-0.2, 0) is 16.6 Å². The fourth-order valence-electron chi connectivity index (χ4n) is 2.57. The zero-order valence-corrected chi connectivity index (χ0v) is 18.0. The molecule has 1 aromatic carbocycles. The van der Waals surface area contributed by atoms with E-state index in [1.165, 1.54) is 12.3 Å². The van der Waals surface area contributed by atoms with E-state index in [1.54, 1.807) is 23.7 Å². The quantitative estimate of drug-likeness (QED) is 0.510. The Hall–Kier alpha value is -3.60. The van der Waals surface area contributed by atoms with Crippen LogP contribution in [0.5, 0.6) is 5.75 Å². The normalized spacial score (nSPS) is 10.8. The summed E-state index contributed by atoms with van der Waals surface area (Å²) in [7, 11) is 1.73. The second kappa shape index (κ2) is 11.3. The number of ether oxygens (including phenoxy) is 1. The van der Waals surface area contributed by atoms with E-state index in [1.807, 2.05) is 24.3 Å². The fourth-order valence-corrected chi connectivity index (χ4v) is 2.68. The molecule has 0 spiro atoms. The Morgan fingerprint density at radius 2 is 1.88 bits per heavy atom. The van der Waals surface area contributed by atoms with Crippen LogP contribution in [0.25, 0.3) is 10.9 Å². The van der Waals surface area contributed by atoms with Crippen molar-refractivity contribution in [3.8, 4) is 5.75 Å². The molecule has 8 nitrogen and oxygen atoms in total. The van der Waals surface area contributed by atoms with Crippen molar-refractivity contribution in [2.24, 2.45) is 7.05 Å². The lowest BCUT2D eigenvalue weighted by Gasteiger charge is -2.11. The number of hydrogen-bond acceptors (Lipinski definition) is 5. The maximum absolute atomic E-state index is 12.0. The zero-order valence-electron chi connectivity index (χ0n) is 17.2. The summed E-state index contributed by atoms with van der Waals surface area (Å²) in [6.45, 7) is 0.332.